The Labute approximate surface area is 254 Å². The standard InChI is InChI=1S/C28H42N2O14/c1-14(31)39-13-19-21(40-15(2)32)22(41-16(3)33)23(42-17(4)34)24(43-19)29-20(35)12-28(8,38)26(37)30-11-9-10-18(30)25(36)44-27(5,6)7/h18-19,21-24,38H,9-13H2,1-8H3,(H,29,35)/t18-,19+,21+,22-,23+,24+,28-/m0/s1. The highest BCUT2D eigenvalue weighted by Crippen LogP contribution is 2.30. The predicted octanol–water partition coefficient (Wildman–Crippen LogP) is -0.340. The van der Waals surface area contributed by atoms with Crippen LogP contribution in [0.4, 0.5) is 0 Å². The van der Waals surface area contributed by atoms with E-state index in [-0.39, 0.29) is 6.54 Å². The Morgan fingerprint density at radius 3 is 1.91 bits per heavy atom. The van der Waals surface area contributed by atoms with Crippen LogP contribution in [0.3, 0.4) is 0 Å². The van der Waals surface area contributed by atoms with E-state index in [1.165, 1.54) is 0 Å². The Bertz CT molecular complexity index is 1130. The lowest BCUT2D eigenvalue weighted by molar-refractivity contribution is -0.257. The first-order valence-electron chi connectivity index (χ1n) is 14.1. The van der Waals surface area contributed by atoms with Crippen LogP contribution in [-0.2, 0) is 62.0 Å². The predicted molar refractivity (Wildman–Crippen MR) is 146 cm³/mol. The number of carbonyl (C=O) groups excluding carboxylic acids is 7. The third-order valence-electron chi connectivity index (χ3n) is 6.45. The zero-order chi connectivity index (χ0) is 33.6. The summed E-state index contributed by atoms with van der Waals surface area (Å²) < 4.78 is 32.1. The zero-order valence-corrected chi connectivity index (χ0v) is 26.2. The van der Waals surface area contributed by atoms with Crippen LogP contribution in [0.25, 0.3) is 0 Å². The summed E-state index contributed by atoms with van der Waals surface area (Å²) in [5.74, 6) is -5.77. The molecule has 2 aliphatic rings. The molecule has 0 spiro atoms. The van der Waals surface area contributed by atoms with Crippen molar-refractivity contribution < 1.29 is 67.1 Å². The van der Waals surface area contributed by atoms with E-state index in [2.05, 4.69) is 5.32 Å². The summed E-state index contributed by atoms with van der Waals surface area (Å²) in [7, 11) is 0. The highest BCUT2D eigenvalue weighted by atomic mass is 16.7. The van der Waals surface area contributed by atoms with Gasteiger partial charge in [-0.2, -0.15) is 0 Å². The number of aliphatic hydroxyl groups is 1. The Morgan fingerprint density at radius 2 is 1.39 bits per heavy atom. The molecule has 2 rings (SSSR count). The van der Waals surface area contributed by atoms with Crippen LogP contribution in [0, 0.1) is 0 Å². The van der Waals surface area contributed by atoms with Crippen molar-refractivity contribution in [2.45, 2.75) is 123 Å². The second kappa shape index (κ2) is 14.8. The van der Waals surface area contributed by atoms with Gasteiger partial charge in [-0.05, 0) is 40.5 Å². The topological polar surface area (TPSA) is 210 Å². The number of nitrogens with zero attached hydrogens (tertiary/aromatic N) is 1. The number of hydrogen-bond donors (Lipinski definition) is 2. The number of nitrogens with one attached hydrogen (secondary N) is 1. The summed E-state index contributed by atoms with van der Waals surface area (Å²) >= 11 is 0. The summed E-state index contributed by atoms with van der Waals surface area (Å²) in [4.78, 5) is 87.8. The summed E-state index contributed by atoms with van der Waals surface area (Å²) in [5, 5.41) is 13.5. The molecule has 16 nitrogen and oxygen atoms in total. The third kappa shape index (κ3) is 10.4. The molecule has 0 unspecified atom stereocenters. The smallest absolute Gasteiger partial charge is 0.329 e. The Hall–Kier alpha value is -3.79. The highest BCUT2D eigenvalue weighted by molar-refractivity contribution is 5.93. The number of carbonyl (C=O) groups is 7. The third-order valence-corrected chi connectivity index (χ3v) is 6.45. The number of ether oxygens (including phenoxy) is 6. The van der Waals surface area contributed by atoms with E-state index >= 15 is 0 Å². The maximum absolute atomic E-state index is 13.3. The zero-order valence-electron chi connectivity index (χ0n) is 26.2. The molecule has 0 aliphatic carbocycles. The van der Waals surface area contributed by atoms with E-state index in [9.17, 15) is 38.7 Å². The lowest BCUT2D eigenvalue weighted by Gasteiger charge is -2.44. The monoisotopic (exact) mass is 630 g/mol. The molecule has 0 saturated carbocycles. The van der Waals surface area contributed by atoms with Crippen LogP contribution >= 0.6 is 0 Å². The van der Waals surface area contributed by atoms with Gasteiger partial charge in [0.1, 0.15) is 30.0 Å². The van der Waals surface area contributed by atoms with Crippen LogP contribution in [0.2, 0.25) is 0 Å². The molecule has 2 fully saturated rings. The average molecular weight is 631 g/mol. The molecule has 2 heterocycles. The molecular formula is C28H42N2O14. The van der Waals surface area contributed by atoms with Crippen molar-refractivity contribution in [3.8, 4) is 0 Å². The van der Waals surface area contributed by atoms with Gasteiger partial charge in [0, 0.05) is 34.2 Å². The fourth-order valence-electron chi connectivity index (χ4n) is 4.88. The SMILES string of the molecule is CC(=O)OC[C@H]1O[C@@H](NC(=O)C[C@](C)(O)C(=O)N2CCC[C@H]2C(=O)OC(C)(C)C)[C@H](OC(C)=O)[C@@H](OC(C)=O)[C@@H]1OC(C)=O. The van der Waals surface area contributed by atoms with Gasteiger partial charge in [0.05, 0.1) is 6.42 Å². The molecule has 0 bridgehead atoms. The van der Waals surface area contributed by atoms with E-state index in [0.29, 0.717) is 12.8 Å². The summed E-state index contributed by atoms with van der Waals surface area (Å²) in [6, 6.07) is -0.948. The molecule has 0 radical (unpaired) electrons. The van der Waals surface area contributed by atoms with Gasteiger partial charge in [-0.1, -0.05) is 0 Å². The van der Waals surface area contributed by atoms with Crippen LogP contribution in [-0.4, -0.2) is 113 Å². The van der Waals surface area contributed by atoms with Crippen molar-refractivity contribution in [1.82, 2.24) is 10.2 Å². The van der Waals surface area contributed by atoms with E-state index < -0.39 is 103 Å². The van der Waals surface area contributed by atoms with Crippen molar-refractivity contribution >= 4 is 41.7 Å². The van der Waals surface area contributed by atoms with Gasteiger partial charge in [-0.3, -0.25) is 28.8 Å². The minimum absolute atomic E-state index is 0.153. The minimum atomic E-state index is -2.30. The summed E-state index contributed by atoms with van der Waals surface area (Å²) in [6.07, 6.45) is -7.47. The number of amides is 2. The average Bonchev–Trinajstić information content (AvgIpc) is 3.34. The van der Waals surface area contributed by atoms with Crippen LogP contribution in [0.1, 0.15) is 74.7 Å². The van der Waals surface area contributed by atoms with E-state index in [0.717, 1.165) is 39.5 Å². The molecule has 44 heavy (non-hydrogen) atoms. The molecule has 2 amide bonds. The Balaban J connectivity index is 2.31. The number of rotatable bonds is 10. The quantitative estimate of drug-likeness (QED) is 0.234. The molecule has 2 saturated heterocycles. The molecule has 2 N–H and O–H groups in total. The lowest BCUT2D eigenvalue weighted by Crippen LogP contribution is -2.66. The molecule has 248 valence electrons. The fraction of sp³-hybridized carbons (Fsp3) is 0.750. The van der Waals surface area contributed by atoms with Crippen molar-refractivity contribution in [2.24, 2.45) is 0 Å². The molecular weight excluding hydrogens is 588 g/mol. The maximum atomic E-state index is 13.3. The first-order chi connectivity index (χ1) is 20.2. The van der Waals surface area contributed by atoms with Gasteiger partial charge in [0.15, 0.2) is 24.5 Å². The van der Waals surface area contributed by atoms with Gasteiger partial charge in [0.25, 0.3) is 5.91 Å². The normalized spacial score (nSPS) is 26.4. The molecule has 0 aromatic heterocycles. The number of likely N-dealkylation sites (tertiary alicyclic amines) is 1. The maximum Gasteiger partial charge on any atom is 0.329 e. The van der Waals surface area contributed by atoms with Gasteiger partial charge < -0.3 is 43.7 Å². The lowest BCUT2D eigenvalue weighted by atomic mass is 9.96. The van der Waals surface area contributed by atoms with E-state index in [1.54, 1.807) is 20.8 Å². The first-order valence-corrected chi connectivity index (χ1v) is 14.1. The number of hydrogen-bond acceptors (Lipinski definition) is 14. The number of esters is 5. The molecule has 16 heteroatoms. The first kappa shape index (κ1) is 36.4. The minimum Gasteiger partial charge on any atom is -0.463 e. The van der Waals surface area contributed by atoms with Gasteiger partial charge in [0.2, 0.25) is 5.91 Å². The van der Waals surface area contributed by atoms with Crippen LogP contribution in [0.15, 0.2) is 0 Å². The van der Waals surface area contributed by atoms with Gasteiger partial charge in [-0.25, -0.2) is 4.79 Å². The van der Waals surface area contributed by atoms with Crippen LogP contribution in [0.5, 0.6) is 0 Å². The summed E-state index contributed by atoms with van der Waals surface area (Å²) in [5.41, 5.74) is -3.10. The molecule has 7 atom stereocenters. The van der Waals surface area contributed by atoms with E-state index in [4.69, 9.17) is 28.4 Å². The van der Waals surface area contributed by atoms with Crippen molar-refractivity contribution in [3.63, 3.8) is 0 Å². The van der Waals surface area contributed by atoms with Crippen molar-refractivity contribution in [1.29, 1.82) is 0 Å². The highest BCUT2D eigenvalue weighted by Gasteiger charge is 2.53. The Kier molecular flexibility index (Phi) is 12.2. The molecule has 0 aromatic rings. The fourth-order valence-corrected chi connectivity index (χ4v) is 4.88. The van der Waals surface area contributed by atoms with E-state index in [1.807, 2.05) is 0 Å². The van der Waals surface area contributed by atoms with Crippen molar-refractivity contribution in [3.05, 3.63) is 0 Å². The molecule has 2 aliphatic heterocycles. The van der Waals surface area contributed by atoms with Crippen molar-refractivity contribution in [2.75, 3.05) is 13.2 Å². The summed E-state index contributed by atoms with van der Waals surface area (Å²) in [6.45, 7) is 10.0. The Morgan fingerprint density at radius 1 is 0.841 bits per heavy atom. The van der Waals surface area contributed by atoms with Gasteiger partial charge in [-0.15, -0.1) is 0 Å². The largest absolute Gasteiger partial charge is 0.463 e. The van der Waals surface area contributed by atoms with Crippen LogP contribution < -0.4 is 5.32 Å². The molecule has 0 aromatic carbocycles. The second-order valence-electron chi connectivity index (χ2n) is 11.8. The second-order valence-corrected chi connectivity index (χ2v) is 11.8. The van der Waals surface area contributed by atoms with Gasteiger partial charge >= 0.3 is 29.8 Å².